The van der Waals surface area contributed by atoms with Gasteiger partial charge in [0.1, 0.15) is 0 Å². The van der Waals surface area contributed by atoms with Crippen molar-refractivity contribution in [2.24, 2.45) is 5.41 Å². The molecule has 2 aromatic rings. The fraction of sp³-hybridized carbons (Fsp3) is 0.524. The van der Waals surface area contributed by atoms with Crippen molar-refractivity contribution in [3.8, 4) is 5.69 Å². The summed E-state index contributed by atoms with van der Waals surface area (Å²) in [5.41, 5.74) is 4.43. The first-order valence-electron chi connectivity index (χ1n) is 9.27. The largest absolute Gasteiger partial charge is 0.334 e. The topological polar surface area (TPSA) is 59.0 Å². The van der Waals surface area contributed by atoms with Gasteiger partial charge in [-0.15, -0.1) is 0 Å². The number of carbonyl (C=O) groups excluding carboxylic acids is 1. The number of urea groups is 1. The highest BCUT2D eigenvalue weighted by Crippen LogP contribution is 2.41. The van der Waals surface area contributed by atoms with Crippen molar-refractivity contribution in [2.45, 2.75) is 66.0 Å². The van der Waals surface area contributed by atoms with Crippen molar-refractivity contribution in [1.82, 2.24) is 20.4 Å². The Hall–Kier alpha value is -2.30. The number of fused-ring (bicyclic) bond motifs is 1. The molecule has 0 aliphatic heterocycles. The van der Waals surface area contributed by atoms with E-state index in [1.165, 1.54) is 11.3 Å². The minimum absolute atomic E-state index is 0.0321. The first-order valence-corrected chi connectivity index (χ1v) is 9.27. The zero-order chi connectivity index (χ0) is 19.1. The highest BCUT2D eigenvalue weighted by molar-refractivity contribution is 5.75. The molecule has 0 bridgehead atoms. The van der Waals surface area contributed by atoms with Gasteiger partial charge in [0.15, 0.2) is 0 Å². The zero-order valence-electron chi connectivity index (χ0n) is 16.7. The molecule has 1 aromatic carbocycles. The van der Waals surface area contributed by atoms with E-state index in [1.807, 2.05) is 31.6 Å². The van der Waals surface area contributed by atoms with Crippen LogP contribution >= 0.6 is 0 Å². The number of nitrogens with one attached hydrogen (secondary N) is 2. The summed E-state index contributed by atoms with van der Waals surface area (Å²) in [6.45, 7) is 12.5. The van der Waals surface area contributed by atoms with E-state index in [9.17, 15) is 4.79 Å². The predicted octanol–water partition coefficient (Wildman–Crippen LogP) is 4.29. The molecule has 3 rings (SSSR count). The van der Waals surface area contributed by atoms with Gasteiger partial charge in [-0.2, -0.15) is 5.10 Å². The van der Waals surface area contributed by atoms with E-state index >= 15 is 0 Å². The molecule has 2 amide bonds. The lowest BCUT2D eigenvalue weighted by atomic mass is 9.74. The Kier molecular flexibility index (Phi) is 4.59. The Morgan fingerprint density at radius 2 is 1.88 bits per heavy atom. The molecule has 0 saturated heterocycles. The number of hydrogen-bond acceptors (Lipinski definition) is 2. The molecule has 1 unspecified atom stereocenters. The molecule has 1 aliphatic rings. The third-order valence-electron chi connectivity index (χ3n) is 4.75. The molecule has 1 atom stereocenters. The molecule has 0 saturated carbocycles. The monoisotopic (exact) mass is 354 g/mol. The smallest absolute Gasteiger partial charge is 0.315 e. The Morgan fingerprint density at radius 3 is 2.50 bits per heavy atom. The van der Waals surface area contributed by atoms with E-state index in [4.69, 9.17) is 0 Å². The fourth-order valence-corrected chi connectivity index (χ4v) is 3.61. The Labute approximate surface area is 156 Å². The van der Waals surface area contributed by atoms with E-state index in [2.05, 4.69) is 60.8 Å². The second-order valence-electron chi connectivity index (χ2n) is 9.24. The van der Waals surface area contributed by atoms with E-state index in [-0.39, 0.29) is 23.0 Å². The lowest BCUT2D eigenvalue weighted by Crippen LogP contribution is -2.48. The zero-order valence-corrected chi connectivity index (χ0v) is 16.7. The van der Waals surface area contributed by atoms with Crippen LogP contribution in [0.25, 0.3) is 5.69 Å². The maximum absolute atomic E-state index is 12.4. The van der Waals surface area contributed by atoms with Crippen molar-refractivity contribution >= 4 is 6.03 Å². The molecule has 1 aromatic heterocycles. The standard InChI is InChI=1S/C21H30N4O/c1-14-7-9-15(10-8-14)25-18-12-21(5,6)11-17(16(18)13-22-25)23-19(26)24-20(2,3)4/h7-10,13,17H,11-12H2,1-6H3,(H2,23,24,26). The first-order chi connectivity index (χ1) is 12.0. The van der Waals surface area contributed by atoms with Crippen molar-refractivity contribution in [1.29, 1.82) is 0 Å². The van der Waals surface area contributed by atoms with Crippen LogP contribution in [0.3, 0.4) is 0 Å². The van der Waals surface area contributed by atoms with Gasteiger partial charge in [0, 0.05) is 11.1 Å². The van der Waals surface area contributed by atoms with Crippen LogP contribution in [0.2, 0.25) is 0 Å². The Morgan fingerprint density at radius 1 is 1.23 bits per heavy atom. The first kappa shape index (κ1) is 18.5. The Bertz CT molecular complexity index is 796. The second-order valence-corrected chi connectivity index (χ2v) is 9.24. The maximum atomic E-state index is 12.4. The number of nitrogens with zero attached hydrogens (tertiary/aromatic N) is 2. The van der Waals surface area contributed by atoms with E-state index in [1.54, 1.807) is 0 Å². The molecule has 1 heterocycles. The van der Waals surface area contributed by atoms with Crippen LogP contribution in [0.15, 0.2) is 30.5 Å². The Balaban J connectivity index is 1.92. The van der Waals surface area contributed by atoms with Gasteiger partial charge in [-0.25, -0.2) is 9.48 Å². The highest BCUT2D eigenvalue weighted by atomic mass is 16.2. The van der Waals surface area contributed by atoms with E-state index in [0.717, 1.165) is 24.1 Å². The maximum Gasteiger partial charge on any atom is 0.315 e. The van der Waals surface area contributed by atoms with Crippen LogP contribution in [-0.4, -0.2) is 21.4 Å². The van der Waals surface area contributed by atoms with Gasteiger partial charge in [-0.3, -0.25) is 0 Å². The van der Waals surface area contributed by atoms with Crippen molar-refractivity contribution in [2.75, 3.05) is 0 Å². The van der Waals surface area contributed by atoms with Gasteiger partial charge in [0.05, 0.1) is 23.6 Å². The van der Waals surface area contributed by atoms with E-state index < -0.39 is 0 Å². The molecule has 2 N–H and O–H groups in total. The molecule has 1 aliphatic carbocycles. The minimum atomic E-state index is -0.261. The number of aryl methyl sites for hydroxylation is 1. The summed E-state index contributed by atoms with van der Waals surface area (Å²) in [5, 5.41) is 10.8. The number of aromatic nitrogens is 2. The lowest BCUT2D eigenvalue weighted by molar-refractivity contribution is 0.213. The van der Waals surface area contributed by atoms with Crippen LogP contribution in [0.5, 0.6) is 0 Å². The van der Waals surface area contributed by atoms with Gasteiger partial charge >= 0.3 is 6.03 Å². The molecule has 140 valence electrons. The van der Waals surface area contributed by atoms with Gasteiger partial charge in [0.2, 0.25) is 0 Å². The molecule has 0 spiro atoms. The van der Waals surface area contributed by atoms with E-state index in [0.29, 0.717) is 0 Å². The van der Waals surface area contributed by atoms with Gasteiger partial charge in [-0.05, 0) is 58.1 Å². The minimum Gasteiger partial charge on any atom is -0.334 e. The van der Waals surface area contributed by atoms with Crippen LogP contribution in [-0.2, 0) is 6.42 Å². The van der Waals surface area contributed by atoms with Crippen molar-refractivity contribution in [3.63, 3.8) is 0 Å². The molecule has 26 heavy (non-hydrogen) atoms. The summed E-state index contributed by atoms with van der Waals surface area (Å²) >= 11 is 0. The van der Waals surface area contributed by atoms with Crippen LogP contribution in [0.4, 0.5) is 4.79 Å². The second kappa shape index (κ2) is 6.45. The van der Waals surface area contributed by atoms with Crippen LogP contribution < -0.4 is 10.6 Å². The molecular formula is C21H30N4O. The summed E-state index contributed by atoms with van der Waals surface area (Å²) in [6, 6.07) is 8.23. The van der Waals surface area contributed by atoms with Crippen LogP contribution in [0.1, 0.15) is 63.9 Å². The van der Waals surface area contributed by atoms with Gasteiger partial charge < -0.3 is 10.6 Å². The number of benzene rings is 1. The predicted molar refractivity (Wildman–Crippen MR) is 105 cm³/mol. The number of amides is 2. The summed E-state index contributed by atoms with van der Waals surface area (Å²) in [7, 11) is 0. The number of carbonyl (C=O) groups is 1. The average molecular weight is 354 g/mol. The van der Waals surface area contributed by atoms with Crippen molar-refractivity contribution < 1.29 is 4.79 Å². The SMILES string of the molecule is Cc1ccc(-n2ncc3c2CC(C)(C)CC3NC(=O)NC(C)(C)C)cc1. The third-order valence-corrected chi connectivity index (χ3v) is 4.75. The lowest BCUT2D eigenvalue weighted by Gasteiger charge is -2.36. The number of rotatable bonds is 2. The molecule has 5 heteroatoms. The average Bonchev–Trinajstić information content (AvgIpc) is 2.88. The summed E-state index contributed by atoms with van der Waals surface area (Å²) in [4.78, 5) is 12.4. The quantitative estimate of drug-likeness (QED) is 0.845. The molecule has 5 nitrogen and oxygen atoms in total. The van der Waals surface area contributed by atoms with Crippen LogP contribution in [0, 0.1) is 12.3 Å². The normalized spacial score (nSPS) is 18.9. The van der Waals surface area contributed by atoms with Gasteiger partial charge in [-0.1, -0.05) is 31.5 Å². The van der Waals surface area contributed by atoms with Gasteiger partial charge in [0.25, 0.3) is 0 Å². The summed E-state index contributed by atoms with van der Waals surface area (Å²) < 4.78 is 2.02. The summed E-state index contributed by atoms with van der Waals surface area (Å²) in [5.74, 6) is 0. The molecule has 0 fully saturated rings. The summed E-state index contributed by atoms with van der Waals surface area (Å²) in [6.07, 6.45) is 3.75. The number of hydrogen-bond donors (Lipinski definition) is 2. The molecule has 0 radical (unpaired) electrons. The fourth-order valence-electron chi connectivity index (χ4n) is 3.61. The molecular weight excluding hydrogens is 324 g/mol. The highest BCUT2D eigenvalue weighted by Gasteiger charge is 2.36. The third kappa shape index (κ3) is 4.09. The van der Waals surface area contributed by atoms with Crippen molar-refractivity contribution in [3.05, 3.63) is 47.3 Å².